The van der Waals surface area contributed by atoms with Crippen LogP contribution < -0.4 is 0 Å². The van der Waals surface area contributed by atoms with E-state index in [1.165, 1.54) is 12.1 Å². The topological polar surface area (TPSA) is 54.6 Å². The van der Waals surface area contributed by atoms with Crippen LogP contribution in [0.5, 0.6) is 0 Å². The average molecular weight is 308 g/mol. The zero-order chi connectivity index (χ0) is 16.2. The lowest BCUT2D eigenvalue weighted by Gasteiger charge is -2.06. The van der Waals surface area contributed by atoms with Gasteiger partial charge < -0.3 is 9.67 Å². The van der Waals surface area contributed by atoms with Gasteiger partial charge in [-0.1, -0.05) is 6.07 Å². The first-order valence-electron chi connectivity index (χ1n) is 6.94. The van der Waals surface area contributed by atoms with Crippen molar-refractivity contribution in [3.63, 3.8) is 0 Å². The number of carboxylic acids is 1. The van der Waals surface area contributed by atoms with Gasteiger partial charge in [0.15, 0.2) is 0 Å². The van der Waals surface area contributed by atoms with Crippen molar-refractivity contribution in [1.82, 2.24) is 4.57 Å². The molecule has 114 valence electrons. The van der Waals surface area contributed by atoms with E-state index in [2.05, 4.69) is 4.99 Å². The SMILES string of the molecule is O=C(O)c1ccc(-n2cccc2C=Nc2cccc(F)c2)cc1. The van der Waals surface area contributed by atoms with Crippen molar-refractivity contribution >= 4 is 17.9 Å². The smallest absolute Gasteiger partial charge is 0.335 e. The van der Waals surface area contributed by atoms with Crippen LogP contribution in [-0.2, 0) is 0 Å². The quantitative estimate of drug-likeness (QED) is 0.739. The van der Waals surface area contributed by atoms with Crippen LogP contribution in [0.1, 0.15) is 16.1 Å². The maximum absolute atomic E-state index is 13.2. The minimum Gasteiger partial charge on any atom is -0.478 e. The molecule has 2 aromatic carbocycles. The molecule has 4 nitrogen and oxygen atoms in total. The minimum absolute atomic E-state index is 0.232. The molecule has 0 atom stereocenters. The first-order valence-corrected chi connectivity index (χ1v) is 6.94. The first kappa shape index (κ1) is 14.7. The van der Waals surface area contributed by atoms with Gasteiger partial charge in [0.05, 0.1) is 23.2 Å². The fraction of sp³-hybridized carbons (Fsp3) is 0. The van der Waals surface area contributed by atoms with Gasteiger partial charge in [-0.3, -0.25) is 4.99 Å². The highest BCUT2D eigenvalue weighted by molar-refractivity contribution is 5.88. The van der Waals surface area contributed by atoms with Gasteiger partial charge in [-0.2, -0.15) is 0 Å². The standard InChI is InChI=1S/C18H13FN2O2/c19-14-3-1-4-15(11-14)20-12-17-5-2-10-21(17)16-8-6-13(7-9-16)18(22)23/h1-12H,(H,22,23). The summed E-state index contributed by atoms with van der Waals surface area (Å²) in [6.45, 7) is 0. The van der Waals surface area contributed by atoms with Gasteiger partial charge in [-0.05, 0) is 54.6 Å². The predicted octanol–water partition coefficient (Wildman–Crippen LogP) is 4.07. The summed E-state index contributed by atoms with van der Waals surface area (Å²) in [5.41, 5.74) is 2.38. The van der Waals surface area contributed by atoms with Crippen LogP contribution in [0.4, 0.5) is 10.1 Å². The number of benzene rings is 2. The number of carboxylic acid groups (broad SMARTS) is 1. The molecule has 0 fully saturated rings. The van der Waals surface area contributed by atoms with E-state index in [0.717, 1.165) is 11.4 Å². The summed E-state index contributed by atoms with van der Waals surface area (Å²) in [6.07, 6.45) is 3.49. The molecule has 0 bridgehead atoms. The largest absolute Gasteiger partial charge is 0.478 e. The van der Waals surface area contributed by atoms with Crippen LogP contribution in [0.15, 0.2) is 71.9 Å². The van der Waals surface area contributed by atoms with E-state index in [1.54, 1.807) is 42.6 Å². The summed E-state index contributed by atoms with van der Waals surface area (Å²) in [7, 11) is 0. The highest BCUT2D eigenvalue weighted by atomic mass is 19.1. The Morgan fingerprint density at radius 1 is 1.09 bits per heavy atom. The summed E-state index contributed by atoms with van der Waals surface area (Å²) in [5, 5.41) is 8.93. The lowest BCUT2D eigenvalue weighted by Crippen LogP contribution is -2.00. The third-order valence-corrected chi connectivity index (χ3v) is 3.33. The lowest BCUT2D eigenvalue weighted by molar-refractivity contribution is 0.0697. The van der Waals surface area contributed by atoms with Crippen LogP contribution in [0, 0.1) is 5.82 Å². The predicted molar refractivity (Wildman–Crippen MR) is 86.4 cm³/mol. The van der Waals surface area contributed by atoms with Crippen LogP contribution in [0.3, 0.4) is 0 Å². The Kier molecular flexibility index (Phi) is 4.01. The number of aromatic carboxylic acids is 1. The first-order chi connectivity index (χ1) is 11.1. The molecule has 5 heteroatoms. The second-order valence-electron chi connectivity index (χ2n) is 4.89. The van der Waals surface area contributed by atoms with E-state index >= 15 is 0 Å². The van der Waals surface area contributed by atoms with Gasteiger partial charge in [0.25, 0.3) is 0 Å². The van der Waals surface area contributed by atoms with Gasteiger partial charge in [-0.15, -0.1) is 0 Å². The van der Waals surface area contributed by atoms with Crippen molar-refractivity contribution in [2.75, 3.05) is 0 Å². The molecule has 0 amide bonds. The molecule has 23 heavy (non-hydrogen) atoms. The Labute approximate surface area is 132 Å². The highest BCUT2D eigenvalue weighted by Crippen LogP contribution is 2.16. The number of aromatic nitrogens is 1. The second kappa shape index (κ2) is 6.27. The molecule has 0 aliphatic carbocycles. The van der Waals surface area contributed by atoms with Gasteiger partial charge in [0.1, 0.15) is 5.82 Å². The molecule has 3 rings (SSSR count). The molecule has 0 saturated carbocycles. The molecular formula is C18H13FN2O2. The summed E-state index contributed by atoms with van der Waals surface area (Å²) in [4.78, 5) is 15.2. The van der Waals surface area contributed by atoms with Crippen molar-refractivity contribution < 1.29 is 14.3 Å². The Morgan fingerprint density at radius 3 is 2.57 bits per heavy atom. The van der Waals surface area contributed by atoms with Crippen LogP contribution in [0.25, 0.3) is 5.69 Å². The normalized spacial score (nSPS) is 11.0. The van der Waals surface area contributed by atoms with E-state index in [1.807, 2.05) is 22.9 Å². The summed E-state index contributed by atoms with van der Waals surface area (Å²) < 4.78 is 15.0. The number of rotatable bonds is 4. The second-order valence-corrected chi connectivity index (χ2v) is 4.89. The van der Waals surface area contributed by atoms with E-state index in [0.29, 0.717) is 5.69 Å². The van der Waals surface area contributed by atoms with Crippen molar-refractivity contribution in [2.45, 2.75) is 0 Å². The molecule has 0 spiro atoms. The molecule has 0 radical (unpaired) electrons. The number of carbonyl (C=O) groups is 1. The van der Waals surface area contributed by atoms with Gasteiger partial charge in [0, 0.05) is 11.9 Å². The van der Waals surface area contributed by atoms with Crippen molar-refractivity contribution in [1.29, 1.82) is 0 Å². The van der Waals surface area contributed by atoms with Gasteiger partial charge in [0.2, 0.25) is 0 Å². The maximum Gasteiger partial charge on any atom is 0.335 e. The molecule has 0 saturated heterocycles. The summed E-state index contributed by atoms with van der Waals surface area (Å²) in [5.74, 6) is -1.30. The highest BCUT2D eigenvalue weighted by Gasteiger charge is 2.05. The Hall–Kier alpha value is -3.21. The molecular weight excluding hydrogens is 295 g/mol. The molecule has 1 aromatic heterocycles. The van der Waals surface area contributed by atoms with Crippen LogP contribution >= 0.6 is 0 Å². The fourth-order valence-electron chi connectivity index (χ4n) is 2.20. The average Bonchev–Trinajstić information content (AvgIpc) is 3.01. The third-order valence-electron chi connectivity index (χ3n) is 3.33. The van der Waals surface area contributed by atoms with E-state index in [4.69, 9.17) is 5.11 Å². The molecule has 1 N–H and O–H groups in total. The summed E-state index contributed by atoms with van der Waals surface area (Å²) >= 11 is 0. The third kappa shape index (κ3) is 3.35. The molecule has 0 aliphatic heterocycles. The molecule has 0 aliphatic rings. The number of hydrogen-bond acceptors (Lipinski definition) is 2. The Bertz CT molecular complexity index is 867. The number of halogens is 1. The van der Waals surface area contributed by atoms with Crippen LogP contribution in [-0.4, -0.2) is 21.9 Å². The van der Waals surface area contributed by atoms with E-state index < -0.39 is 5.97 Å². The lowest BCUT2D eigenvalue weighted by atomic mass is 10.2. The molecule has 0 unspecified atom stereocenters. The molecule has 1 heterocycles. The van der Waals surface area contributed by atoms with Gasteiger partial charge >= 0.3 is 5.97 Å². The number of hydrogen-bond donors (Lipinski definition) is 1. The minimum atomic E-state index is -0.961. The van der Waals surface area contributed by atoms with E-state index in [9.17, 15) is 9.18 Å². The Morgan fingerprint density at radius 2 is 1.87 bits per heavy atom. The van der Waals surface area contributed by atoms with Crippen LogP contribution in [0.2, 0.25) is 0 Å². The zero-order valence-electron chi connectivity index (χ0n) is 12.1. The van der Waals surface area contributed by atoms with Crippen molar-refractivity contribution in [3.8, 4) is 5.69 Å². The van der Waals surface area contributed by atoms with Crippen molar-refractivity contribution in [2.24, 2.45) is 4.99 Å². The zero-order valence-corrected chi connectivity index (χ0v) is 12.1. The van der Waals surface area contributed by atoms with E-state index in [-0.39, 0.29) is 11.4 Å². The summed E-state index contributed by atoms with van der Waals surface area (Å²) in [6, 6.07) is 16.3. The van der Waals surface area contributed by atoms with Crippen molar-refractivity contribution in [3.05, 3.63) is 83.9 Å². The Balaban J connectivity index is 1.89. The monoisotopic (exact) mass is 308 g/mol. The van der Waals surface area contributed by atoms with Gasteiger partial charge in [-0.25, -0.2) is 9.18 Å². The number of nitrogens with zero attached hydrogens (tertiary/aromatic N) is 2. The molecule has 3 aromatic rings. The number of aliphatic imine (C=N–C) groups is 1. The fourth-order valence-corrected chi connectivity index (χ4v) is 2.20. The maximum atomic E-state index is 13.2.